The van der Waals surface area contributed by atoms with E-state index in [1.165, 1.54) is 38.9 Å². The molecule has 0 saturated carbocycles. The maximum Gasteiger partial charge on any atom is 0.214 e. The Morgan fingerprint density at radius 2 is 1.96 bits per heavy atom. The largest absolute Gasteiger partial charge is 0.444 e. The smallest absolute Gasteiger partial charge is 0.214 e. The van der Waals surface area contributed by atoms with E-state index in [2.05, 4.69) is 25.5 Å². The molecule has 1 aliphatic heterocycles. The highest BCUT2D eigenvalue weighted by Gasteiger charge is 2.10. The molecule has 2 N–H and O–H groups in total. The molecule has 2 heterocycles. The minimum Gasteiger partial charge on any atom is -0.444 e. The van der Waals surface area contributed by atoms with E-state index in [4.69, 9.17) is 4.42 Å². The third kappa shape index (κ3) is 7.07. The van der Waals surface area contributed by atoms with Crippen molar-refractivity contribution in [3.8, 4) is 0 Å². The average Bonchev–Trinajstić information content (AvgIpc) is 3.12. The Kier molecular flexibility index (Phi) is 9.54. The van der Waals surface area contributed by atoms with Gasteiger partial charge < -0.3 is 20.0 Å². The predicted octanol–water partition coefficient (Wildman–Crippen LogP) is 2.45. The normalized spacial score (nSPS) is 15.5. The Labute approximate surface area is 156 Å². The fourth-order valence-electron chi connectivity index (χ4n) is 2.67. The van der Waals surface area contributed by atoms with Gasteiger partial charge in [0.1, 0.15) is 5.76 Å². The molecule has 1 aromatic rings. The minimum atomic E-state index is 0. The van der Waals surface area contributed by atoms with E-state index in [1.807, 2.05) is 13.8 Å². The standard InChI is InChI=1S/C16H29N5O.HI/c1-13-14(2)22-15(20-13)12-19-16(17-3)18-8-4-5-9-21-10-6-7-11-21;/h4-12H2,1-3H3,(H2,17,18,19);1H. The molecule has 0 amide bonds. The van der Waals surface area contributed by atoms with Crippen LogP contribution in [0.25, 0.3) is 0 Å². The molecule has 1 aromatic heterocycles. The molecule has 2 rings (SSSR count). The number of likely N-dealkylation sites (tertiary alicyclic amines) is 1. The molecule has 7 heteroatoms. The highest BCUT2D eigenvalue weighted by atomic mass is 127. The van der Waals surface area contributed by atoms with Gasteiger partial charge in [0.05, 0.1) is 12.2 Å². The first-order valence-electron chi connectivity index (χ1n) is 8.29. The Morgan fingerprint density at radius 3 is 2.57 bits per heavy atom. The maximum atomic E-state index is 5.55. The molecular formula is C16H30IN5O. The van der Waals surface area contributed by atoms with Crippen molar-refractivity contribution < 1.29 is 4.42 Å². The van der Waals surface area contributed by atoms with Crippen molar-refractivity contribution in [1.29, 1.82) is 0 Å². The highest BCUT2D eigenvalue weighted by molar-refractivity contribution is 14.0. The number of aliphatic imine (C=N–C) groups is 1. The van der Waals surface area contributed by atoms with Gasteiger partial charge in [-0.2, -0.15) is 0 Å². The number of oxazole rings is 1. The van der Waals surface area contributed by atoms with Gasteiger partial charge in [-0.05, 0) is 59.2 Å². The summed E-state index contributed by atoms with van der Waals surface area (Å²) in [7, 11) is 1.78. The first kappa shape index (κ1) is 20.2. The van der Waals surface area contributed by atoms with E-state index in [-0.39, 0.29) is 24.0 Å². The van der Waals surface area contributed by atoms with Crippen LogP contribution in [0.4, 0.5) is 0 Å². The van der Waals surface area contributed by atoms with Gasteiger partial charge in [0.2, 0.25) is 5.89 Å². The maximum absolute atomic E-state index is 5.55. The third-order valence-electron chi connectivity index (χ3n) is 4.10. The van der Waals surface area contributed by atoms with E-state index >= 15 is 0 Å². The van der Waals surface area contributed by atoms with Gasteiger partial charge in [-0.1, -0.05) is 0 Å². The number of hydrogen-bond acceptors (Lipinski definition) is 4. The number of rotatable bonds is 7. The molecule has 0 unspecified atom stereocenters. The Morgan fingerprint density at radius 1 is 1.22 bits per heavy atom. The average molecular weight is 435 g/mol. The summed E-state index contributed by atoms with van der Waals surface area (Å²) in [6, 6.07) is 0. The number of guanidine groups is 1. The number of aromatic nitrogens is 1. The lowest BCUT2D eigenvalue weighted by molar-refractivity contribution is 0.330. The van der Waals surface area contributed by atoms with Crippen LogP contribution in [0.2, 0.25) is 0 Å². The molecule has 0 spiro atoms. The molecule has 6 nitrogen and oxygen atoms in total. The molecule has 0 bridgehead atoms. The van der Waals surface area contributed by atoms with Gasteiger partial charge in [-0.25, -0.2) is 4.98 Å². The second kappa shape index (κ2) is 10.9. The zero-order valence-corrected chi connectivity index (χ0v) is 16.9. The zero-order chi connectivity index (χ0) is 15.8. The number of halogens is 1. The minimum absolute atomic E-state index is 0. The van der Waals surface area contributed by atoms with Crippen molar-refractivity contribution in [2.24, 2.45) is 4.99 Å². The van der Waals surface area contributed by atoms with Crippen LogP contribution in [0.3, 0.4) is 0 Å². The summed E-state index contributed by atoms with van der Waals surface area (Å²) in [6.07, 6.45) is 5.14. The van der Waals surface area contributed by atoms with Gasteiger partial charge >= 0.3 is 0 Å². The lowest BCUT2D eigenvalue weighted by atomic mass is 10.3. The number of unbranched alkanes of at least 4 members (excludes halogenated alkanes) is 1. The number of nitrogens with zero attached hydrogens (tertiary/aromatic N) is 3. The van der Waals surface area contributed by atoms with Crippen LogP contribution in [0, 0.1) is 13.8 Å². The second-order valence-corrected chi connectivity index (χ2v) is 5.86. The summed E-state index contributed by atoms with van der Waals surface area (Å²) in [6.45, 7) is 9.17. The molecule has 0 aromatic carbocycles. The topological polar surface area (TPSA) is 65.7 Å². The third-order valence-corrected chi connectivity index (χ3v) is 4.10. The van der Waals surface area contributed by atoms with E-state index in [9.17, 15) is 0 Å². The molecule has 1 aliphatic rings. The van der Waals surface area contributed by atoms with Crippen molar-refractivity contribution in [2.75, 3.05) is 33.2 Å². The van der Waals surface area contributed by atoms with E-state index in [0.29, 0.717) is 12.4 Å². The van der Waals surface area contributed by atoms with Crippen molar-refractivity contribution in [3.63, 3.8) is 0 Å². The predicted molar refractivity (Wildman–Crippen MR) is 105 cm³/mol. The number of aryl methyl sites for hydroxylation is 2. The molecule has 1 saturated heterocycles. The van der Waals surface area contributed by atoms with Gasteiger partial charge in [-0.15, -0.1) is 24.0 Å². The van der Waals surface area contributed by atoms with Crippen LogP contribution in [-0.2, 0) is 6.54 Å². The first-order chi connectivity index (χ1) is 10.7. The van der Waals surface area contributed by atoms with Crippen molar-refractivity contribution >= 4 is 29.9 Å². The molecule has 132 valence electrons. The van der Waals surface area contributed by atoms with Crippen LogP contribution in [0.15, 0.2) is 9.41 Å². The molecule has 23 heavy (non-hydrogen) atoms. The molecular weight excluding hydrogens is 405 g/mol. The Bertz CT molecular complexity index is 463. The summed E-state index contributed by atoms with van der Waals surface area (Å²) < 4.78 is 5.55. The molecule has 0 radical (unpaired) electrons. The molecule has 1 fully saturated rings. The molecule has 0 aliphatic carbocycles. The lowest BCUT2D eigenvalue weighted by Gasteiger charge is -2.14. The fourth-order valence-corrected chi connectivity index (χ4v) is 2.67. The van der Waals surface area contributed by atoms with Gasteiger partial charge in [0.25, 0.3) is 0 Å². The Hall–Kier alpha value is -0.830. The van der Waals surface area contributed by atoms with Crippen molar-refractivity contribution in [3.05, 3.63) is 17.3 Å². The van der Waals surface area contributed by atoms with E-state index < -0.39 is 0 Å². The number of hydrogen-bond donors (Lipinski definition) is 2. The van der Waals surface area contributed by atoms with Crippen LogP contribution in [0.5, 0.6) is 0 Å². The summed E-state index contributed by atoms with van der Waals surface area (Å²) >= 11 is 0. The van der Waals surface area contributed by atoms with Crippen LogP contribution in [0.1, 0.15) is 43.0 Å². The lowest BCUT2D eigenvalue weighted by Crippen LogP contribution is -2.37. The summed E-state index contributed by atoms with van der Waals surface area (Å²) in [5.41, 5.74) is 0.946. The van der Waals surface area contributed by atoms with Gasteiger partial charge in [0, 0.05) is 13.6 Å². The van der Waals surface area contributed by atoms with Crippen molar-refractivity contribution in [2.45, 2.75) is 46.1 Å². The van der Waals surface area contributed by atoms with Gasteiger partial charge in [0.15, 0.2) is 5.96 Å². The summed E-state index contributed by atoms with van der Waals surface area (Å²) in [5.74, 6) is 2.38. The fraction of sp³-hybridized carbons (Fsp3) is 0.750. The quantitative estimate of drug-likeness (QED) is 0.298. The second-order valence-electron chi connectivity index (χ2n) is 5.86. The zero-order valence-electron chi connectivity index (χ0n) is 14.5. The summed E-state index contributed by atoms with van der Waals surface area (Å²) in [4.78, 5) is 11.1. The van der Waals surface area contributed by atoms with Crippen LogP contribution >= 0.6 is 24.0 Å². The van der Waals surface area contributed by atoms with Crippen LogP contribution < -0.4 is 10.6 Å². The first-order valence-corrected chi connectivity index (χ1v) is 8.29. The molecule has 0 atom stereocenters. The monoisotopic (exact) mass is 435 g/mol. The van der Waals surface area contributed by atoms with E-state index in [0.717, 1.165) is 30.4 Å². The van der Waals surface area contributed by atoms with Gasteiger partial charge in [-0.3, -0.25) is 4.99 Å². The SMILES string of the molecule is CN=C(NCCCCN1CCCC1)NCc1nc(C)c(C)o1.I. The summed E-state index contributed by atoms with van der Waals surface area (Å²) in [5, 5.41) is 6.57. The van der Waals surface area contributed by atoms with Crippen molar-refractivity contribution in [1.82, 2.24) is 20.5 Å². The highest BCUT2D eigenvalue weighted by Crippen LogP contribution is 2.08. The van der Waals surface area contributed by atoms with E-state index in [1.54, 1.807) is 7.05 Å². The Balaban J connectivity index is 0.00000264. The number of nitrogens with one attached hydrogen (secondary N) is 2. The van der Waals surface area contributed by atoms with Crippen LogP contribution in [-0.4, -0.2) is 49.1 Å².